The molecular formula is C26H28N2O4. The van der Waals surface area contributed by atoms with Gasteiger partial charge in [-0.1, -0.05) is 54.6 Å². The Bertz CT molecular complexity index is 1130. The fraction of sp³-hybridized carbons (Fsp3) is 0.308. The Morgan fingerprint density at radius 2 is 1.75 bits per heavy atom. The molecule has 0 atom stereocenters. The van der Waals surface area contributed by atoms with Gasteiger partial charge in [0.15, 0.2) is 11.5 Å². The molecule has 1 heterocycles. The summed E-state index contributed by atoms with van der Waals surface area (Å²) in [6, 6.07) is 19.7. The molecule has 0 aliphatic carbocycles. The van der Waals surface area contributed by atoms with E-state index in [0.29, 0.717) is 18.9 Å². The molecule has 6 heteroatoms. The van der Waals surface area contributed by atoms with Crippen molar-refractivity contribution in [3.8, 4) is 11.5 Å². The van der Waals surface area contributed by atoms with Crippen molar-refractivity contribution in [3.05, 3.63) is 71.8 Å². The molecule has 0 spiro atoms. The first-order valence-corrected chi connectivity index (χ1v) is 10.8. The first-order valence-electron chi connectivity index (χ1n) is 10.8. The number of benzene rings is 3. The van der Waals surface area contributed by atoms with Gasteiger partial charge in [-0.05, 0) is 36.2 Å². The summed E-state index contributed by atoms with van der Waals surface area (Å²) in [7, 11) is 0. The van der Waals surface area contributed by atoms with Crippen LogP contribution in [0.4, 0.5) is 0 Å². The second-order valence-electron chi connectivity index (χ2n) is 8.57. The highest BCUT2D eigenvalue weighted by molar-refractivity contribution is 5.91. The van der Waals surface area contributed by atoms with Crippen LogP contribution in [0.25, 0.3) is 10.8 Å². The van der Waals surface area contributed by atoms with Crippen LogP contribution in [0, 0.1) is 0 Å². The number of hydrogen-bond acceptors (Lipinski definition) is 4. The van der Waals surface area contributed by atoms with Gasteiger partial charge < -0.3 is 20.1 Å². The van der Waals surface area contributed by atoms with E-state index in [2.05, 4.69) is 10.6 Å². The van der Waals surface area contributed by atoms with Crippen LogP contribution in [-0.4, -0.2) is 37.1 Å². The number of carbonyl (C=O) groups is 2. The van der Waals surface area contributed by atoms with Crippen LogP contribution in [0.3, 0.4) is 0 Å². The quantitative estimate of drug-likeness (QED) is 0.535. The van der Waals surface area contributed by atoms with Gasteiger partial charge in [0, 0.05) is 12.0 Å². The molecule has 2 N–H and O–H groups in total. The summed E-state index contributed by atoms with van der Waals surface area (Å²) in [5.74, 6) is 1.03. The van der Waals surface area contributed by atoms with Crippen molar-refractivity contribution < 1.29 is 19.1 Å². The Labute approximate surface area is 187 Å². The SMILES string of the molecule is CC1(C)Cc2cccc(OCCNC(=O)CNC(=O)Cc3cccc4ccccc34)c2O1. The number of para-hydroxylation sites is 1. The minimum absolute atomic E-state index is 0.0678. The Hall–Kier alpha value is -3.54. The maximum Gasteiger partial charge on any atom is 0.239 e. The molecule has 166 valence electrons. The molecule has 4 rings (SSSR count). The van der Waals surface area contributed by atoms with Crippen molar-refractivity contribution in [2.75, 3.05) is 19.7 Å². The molecule has 2 amide bonds. The van der Waals surface area contributed by atoms with Crippen LogP contribution in [0.15, 0.2) is 60.7 Å². The lowest BCUT2D eigenvalue weighted by atomic mass is 10.0. The molecule has 0 fully saturated rings. The highest BCUT2D eigenvalue weighted by atomic mass is 16.5. The maximum absolute atomic E-state index is 12.3. The fourth-order valence-electron chi connectivity index (χ4n) is 3.98. The molecule has 0 saturated heterocycles. The van der Waals surface area contributed by atoms with Crippen LogP contribution in [0.1, 0.15) is 25.0 Å². The van der Waals surface area contributed by atoms with Crippen LogP contribution in [-0.2, 0) is 22.4 Å². The van der Waals surface area contributed by atoms with Gasteiger partial charge in [0.25, 0.3) is 0 Å². The third-order valence-electron chi connectivity index (χ3n) is 5.41. The summed E-state index contributed by atoms with van der Waals surface area (Å²) in [5.41, 5.74) is 1.83. The van der Waals surface area contributed by atoms with Gasteiger partial charge in [0.2, 0.25) is 11.8 Å². The summed E-state index contributed by atoms with van der Waals surface area (Å²) < 4.78 is 11.8. The van der Waals surface area contributed by atoms with Crippen LogP contribution in [0.5, 0.6) is 11.5 Å². The number of hydrogen-bond donors (Lipinski definition) is 2. The standard InChI is InChI=1S/C26H28N2O4/c1-26(2)16-20-10-6-12-22(25(20)32-26)31-14-13-27-24(30)17-28-23(29)15-19-9-5-8-18-7-3-4-11-21(18)19/h3-12H,13-17H2,1-2H3,(H,27,30)(H,28,29). The number of rotatable bonds is 8. The molecule has 0 saturated carbocycles. The number of fused-ring (bicyclic) bond motifs is 2. The predicted molar refractivity (Wildman–Crippen MR) is 124 cm³/mol. The maximum atomic E-state index is 12.3. The summed E-state index contributed by atoms with van der Waals surface area (Å²) in [6.07, 6.45) is 1.07. The Kier molecular flexibility index (Phi) is 6.30. The molecule has 3 aromatic carbocycles. The van der Waals surface area contributed by atoms with Gasteiger partial charge in [-0.15, -0.1) is 0 Å². The number of amides is 2. The molecule has 32 heavy (non-hydrogen) atoms. The highest BCUT2D eigenvalue weighted by Gasteiger charge is 2.32. The summed E-state index contributed by atoms with van der Waals surface area (Å²) >= 11 is 0. The lowest BCUT2D eigenvalue weighted by Gasteiger charge is -2.18. The van der Waals surface area contributed by atoms with Crippen LogP contribution >= 0.6 is 0 Å². The first-order chi connectivity index (χ1) is 15.4. The van der Waals surface area contributed by atoms with E-state index in [-0.39, 0.29) is 30.4 Å². The number of ether oxygens (including phenoxy) is 2. The Balaban J connectivity index is 1.19. The Morgan fingerprint density at radius 3 is 2.62 bits per heavy atom. The van der Waals surface area contributed by atoms with E-state index in [1.165, 1.54) is 0 Å². The van der Waals surface area contributed by atoms with E-state index in [1.807, 2.05) is 74.5 Å². The smallest absolute Gasteiger partial charge is 0.239 e. The van der Waals surface area contributed by atoms with Crippen molar-refractivity contribution in [2.45, 2.75) is 32.3 Å². The predicted octanol–water partition coefficient (Wildman–Crippen LogP) is 3.41. The monoisotopic (exact) mass is 432 g/mol. The van der Waals surface area contributed by atoms with Gasteiger partial charge in [0.05, 0.1) is 19.5 Å². The number of carbonyl (C=O) groups excluding carboxylic acids is 2. The molecule has 0 bridgehead atoms. The minimum Gasteiger partial charge on any atom is -0.488 e. The molecule has 0 aromatic heterocycles. The zero-order valence-electron chi connectivity index (χ0n) is 18.4. The Morgan fingerprint density at radius 1 is 0.969 bits per heavy atom. The second kappa shape index (κ2) is 9.30. The third kappa shape index (κ3) is 5.19. The van der Waals surface area contributed by atoms with E-state index in [0.717, 1.165) is 34.1 Å². The third-order valence-corrected chi connectivity index (χ3v) is 5.41. The van der Waals surface area contributed by atoms with E-state index in [9.17, 15) is 9.59 Å². The van der Waals surface area contributed by atoms with Crippen molar-refractivity contribution in [2.24, 2.45) is 0 Å². The van der Waals surface area contributed by atoms with Gasteiger partial charge in [0.1, 0.15) is 12.2 Å². The summed E-state index contributed by atoms with van der Waals surface area (Å²) in [5, 5.41) is 7.59. The zero-order valence-corrected chi connectivity index (χ0v) is 18.4. The van der Waals surface area contributed by atoms with Crippen molar-refractivity contribution in [1.29, 1.82) is 0 Å². The molecule has 0 radical (unpaired) electrons. The molecule has 1 aliphatic heterocycles. The average molecular weight is 433 g/mol. The van der Waals surface area contributed by atoms with Gasteiger partial charge in [-0.2, -0.15) is 0 Å². The highest BCUT2D eigenvalue weighted by Crippen LogP contribution is 2.41. The van der Waals surface area contributed by atoms with Gasteiger partial charge in [-0.25, -0.2) is 0 Å². The molecule has 6 nitrogen and oxygen atoms in total. The van der Waals surface area contributed by atoms with Crippen molar-refractivity contribution in [3.63, 3.8) is 0 Å². The largest absolute Gasteiger partial charge is 0.488 e. The van der Waals surface area contributed by atoms with E-state index in [4.69, 9.17) is 9.47 Å². The minimum atomic E-state index is -0.254. The van der Waals surface area contributed by atoms with Crippen LogP contribution < -0.4 is 20.1 Å². The first kappa shape index (κ1) is 21.7. The molecule has 1 aliphatic rings. The van der Waals surface area contributed by atoms with Crippen LogP contribution in [0.2, 0.25) is 0 Å². The van der Waals surface area contributed by atoms with Gasteiger partial charge >= 0.3 is 0 Å². The van der Waals surface area contributed by atoms with Crippen molar-refractivity contribution >= 4 is 22.6 Å². The normalized spacial score (nSPS) is 13.8. The lowest BCUT2D eigenvalue weighted by Crippen LogP contribution is -2.39. The van der Waals surface area contributed by atoms with Gasteiger partial charge in [-0.3, -0.25) is 9.59 Å². The van der Waals surface area contributed by atoms with E-state index >= 15 is 0 Å². The molecule has 3 aromatic rings. The summed E-state index contributed by atoms with van der Waals surface area (Å²) in [6.45, 7) is 4.68. The fourth-order valence-corrected chi connectivity index (χ4v) is 3.98. The average Bonchev–Trinajstić information content (AvgIpc) is 3.10. The number of nitrogens with one attached hydrogen (secondary N) is 2. The van der Waals surface area contributed by atoms with Crippen molar-refractivity contribution in [1.82, 2.24) is 10.6 Å². The molecule has 0 unspecified atom stereocenters. The summed E-state index contributed by atoms with van der Waals surface area (Å²) in [4.78, 5) is 24.4. The molecular weight excluding hydrogens is 404 g/mol. The topological polar surface area (TPSA) is 76.7 Å². The zero-order chi connectivity index (χ0) is 22.6. The second-order valence-corrected chi connectivity index (χ2v) is 8.57. The lowest BCUT2D eigenvalue weighted by molar-refractivity contribution is -0.125. The van der Waals surface area contributed by atoms with E-state index in [1.54, 1.807) is 0 Å². The van der Waals surface area contributed by atoms with E-state index < -0.39 is 0 Å².